The Morgan fingerprint density at radius 1 is 1.09 bits per heavy atom. The monoisotopic (exact) mass is 401 g/mol. The highest BCUT2D eigenvalue weighted by atomic mass is 127. The fourth-order valence-corrected chi connectivity index (χ4v) is 2.74. The molecule has 0 aromatic rings. The molecule has 1 rings (SSSR count). The van der Waals surface area contributed by atoms with Gasteiger partial charge in [0.15, 0.2) is 0 Å². The van der Waals surface area contributed by atoms with Crippen molar-refractivity contribution in [1.82, 2.24) is 5.32 Å². The van der Waals surface area contributed by atoms with Crippen molar-refractivity contribution in [3.8, 4) is 0 Å². The minimum absolute atomic E-state index is 0. The molecule has 11 heavy (non-hydrogen) atoms. The van der Waals surface area contributed by atoms with Gasteiger partial charge in [-0.1, -0.05) is 51.6 Å². The first-order valence-corrected chi connectivity index (χ1v) is 6.80. The van der Waals surface area contributed by atoms with E-state index in [2.05, 4.69) is 50.5 Å². The second-order valence-electron chi connectivity index (χ2n) is 2.80. The van der Waals surface area contributed by atoms with Gasteiger partial charge in [-0.2, -0.15) is 0 Å². The molecule has 0 radical (unpaired) electrons. The molecular formula is C7H14ClI2N. The summed E-state index contributed by atoms with van der Waals surface area (Å²) in [4.78, 5) is 0. The lowest BCUT2D eigenvalue weighted by molar-refractivity contribution is 0.365. The second-order valence-corrected chi connectivity index (χ2v) is 4.56. The van der Waals surface area contributed by atoms with E-state index in [1.54, 1.807) is 0 Å². The van der Waals surface area contributed by atoms with Crippen LogP contribution in [0.5, 0.6) is 0 Å². The summed E-state index contributed by atoms with van der Waals surface area (Å²) < 4.78 is 2.54. The molecule has 4 heteroatoms. The maximum absolute atomic E-state index is 3.64. The Morgan fingerprint density at radius 3 is 1.91 bits per heavy atom. The molecule has 0 aliphatic carbocycles. The van der Waals surface area contributed by atoms with Gasteiger partial charge in [-0.05, 0) is 12.8 Å². The molecule has 0 aromatic heterocycles. The molecule has 0 saturated carbocycles. The Bertz CT molecular complexity index is 92.4. The van der Waals surface area contributed by atoms with Crippen molar-refractivity contribution in [3.63, 3.8) is 0 Å². The van der Waals surface area contributed by atoms with Crippen LogP contribution in [0.15, 0.2) is 0 Å². The van der Waals surface area contributed by atoms with Crippen LogP contribution in [0.2, 0.25) is 0 Å². The summed E-state index contributed by atoms with van der Waals surface area (Å²) in [6.07, 6.45) is 4.19. The van der Waals surface area contributed by atoms with E-state index in [0.29, 0.717) is 0 Å². The number of piperidine rings is 1. The Balaban J connectivity index is 0.000001000. The molecule has 2 unspecified atom stereocenters. The van der Waals surface area contributed by atoms with Crippen molar-refractivity contribution < 1.29 is 0 Å². The summed E-state index contributed by atoms with van der Waals surface area (Å²) in [5.74, 6) is 0. The second kappa shape index (κ2) is 7.15. The van der Waals surface area contributed by atoms with Crippen LogP contribution in [0.3, 0.4) is 0 Å². The van der Waals surface area contributed by atoms with Crippen LogP contribution in [0.1, 0.15) is 19.3 Å². The van der Waals surface area contributed by atoms with Gasteiger partial charge >= 0.3 is 0 Å². The zero-order valence-corrected chi connectivity index (χ0v) is 11.5. The summed E-state index contributed by atoms with van der Waals surface area (Å²) in [5, 5.41) is 3.64. The van der Waals surface area contributed by atoms with Crippen molar-refractivity contribution in [2.45, 2.75) is 31.3 Å². The van der Waals surface area contributed by atoms with Gasteiger partial charge in [0, 0.05) is 20.9 Å². The minimum atomic E-state index is 0. The first kappa shape index (κ1) is 12.7. The Hall–Kier alpha value is 1.71. The van der Waals surface area contributed by atoms with Gasteiger partial charge in [0.1, 0.15) is 0 Å². The van der Waals surface area contributed by atoms with Gasteiger partial charge in [-0.3, -0.25) is 0 Å². The molecule has 0 aromatic carbocycles. The van der Waals surface area contributed by atoms with Gasteiger partial charge in [0.25, 0.3) is 0 Å². The predicted molar refractivity (Wildman–Crippen MR) is 69.6 cm³/mol. The topological polar surface area (TPSA) is 12.0 Å². The average molecular weight is 401 g/mol. The predicted octanol–water partition coefficient (Wildman–Crippen LogP) is 2.79. The summed E-state index contributed by atoms with van der Waals surface area (Å²) in [7, 11) is 0. The molecule has 0 bridgehead atoms. The van der Waals surface area contributed by atoms with Crippen LogP contribution in [0.25, 0.3) is 0 Å². The van der Waals surface area contributed by atoms with Gasteiger partial charge in [-0.15, -0.1) is 12.4 Å². The van der Waals surface area contributed by atoms with Crippen molar-refractivity contribution in [3.05, 3.63) is 0 Å². The lowest BCUT2D eigenvalue weighted by atomic mass is 10.0. The average Bonchev–Trinajstić information content (AvgIpc) is 2.05. The highest BCUT2D eigenvalue weighted by Crippen LogP contribution is 2.15. The molecule has 1 saturated heterocycles. The van der Waals surface area contributed by atoms with Crippen LogP contribution in [0, 0.1) is 0 Å². The number of nitrogens with one attached hydrogen (secondary N) is 1. The molecule has 68 valence electrons. The van der Waals surface area contributed by atoms with Crippen LogP contribution in [0.4, 0.5) is 0 Å². The largest absolute Gasteiger partial charge is 0.310 e. The number of hydrogen-bond acceptors (Lipinski definition) is 1. The molecule has 1 aliphatic rings. The van der Waals surface area contributed by atoms with E-state index in [9.17, 15) is 0 Å². The van der Waals surface area contributed by atoms with E-state index in [-0.39, 0.29) is 12.4 Å². The van der Waals surface area contributed by atoms with Gasteiger partial charge in [0.2, 0.25) is 0 Å². The van der Waals surface area contributed by atoms with Crippen molar-refractivity contribution in [2.24, 2.45) is 0 Å². The van der Waals surface area contributed by atoms with E-state index in [1.165, 1.54) is 28.1 Å². The normalized spacial score (nSPS) is 31.1. The number of halogens is 3. The Morgan fingerprint density at radius 2 is 1.55 bits per heavy atom. The first-order chi connectivity index (χ1) is 4.86. The highest BCUT2D eigenvalue weighted by Gasteiger charge is 2.18. The molecule has 2 atom stereocenters. The zero-order valence-electron chi connectivity index (χ0n) is 6.35. The van der Waals surface area contributed by atoms with Crippen LogP contribution in [-0.4, -0.2) is 20.9 Å². The quantitative estimate of drug-likeness (QED) is 0.554. The van der Waals surface area contributed by atoms with Gasteiger partial charge in [0.05, 0.1) is 0 Å². The summed E-state index contributed by atoms with van der Waals surface area (Å²) in [6, 6.07) is 1.60. The van der Waals surface area contributed by atoms with Crippen LogP contribution < -0.4 is 5.32 Å². The zero-order chi connectivity index (χ0) is 7.40. The molecule has 1 aliphatic heterocycles. The lowest BCUT2D eigenvalue weighted by Crippen LogP contribution is -2.43. The third-order valence-electron chi connectivity index (χ3n) is 1.95. The number of alkyl halides is 2. The van der Waals surface area contributed by atoms with Gasteiger partial charge in [-0.25, -0.2) is 0 Å². The third kappa shape index (κ3) is 4.47. The maximum Gasteiger partial charge on any atom is 0.0160 e. The summed E-state index contributed by atoms with van der Waals surface area (Å²) >= 11 is 4.94. The van der Waals surface area contributed by atoms with Crippen LogP contribution >= 0.6 is 57.6 Å². The minimum Gasteiger partial charge on any atom is -0.310 e. The standard InChI is InChI=1S/C7H13I2N.ClH/c8-4-6-2-1-3-7(5-9)10-6;/h6-7,10H,1-5H2;1H. The highest BCUT2D eigenvalue weighted by molar-refractivity contribution is 14.1. The fourth-order valence-electron chi connectivity index (χ4n) is 1.35. The number of hydrogen-bond donors (Lipinski definition) is 1. The van der Waals surface area contributed by atoms with Crippen LogP contribution in [-0.2, 0) is 0 Å². The molecule has 1 nitrogen and oxygen atoms in total. The molecule has 0 spiro atoms. The maximum atomic E-state index is 3.64. The van der Waals surface area contributed by atoms with E-state index >= 15 is 0 Å². The molecule has 1 N–H and O–H groups in total. The molecule has 1 heterocycles. The SMILES string of the molecule is Cl.ICC1CCCC(CI)N1. The van der Waals surface area contributed by atoms with Crippen molar-refractivity contribution in [2.75, 3.05) is 8.86 Å². The lowest BCUT2D eigenvalue weighted by Gasteiger charge is -2.28. The van der Waals surface area contributed by atoms with E-state index in [0.717, 1.165) is 12.1 Å². The fraction of sp³-hybridized carbons (Fsp3) is 1.00. The third-order valence-corrected chi connectivity index (χ3v) is 4.08. The Labute approximate surface area is 102 Å². The number of rotatable bonds is 2. The van der Waals surface area contributed by atoms with Crippen molar-refractivity contribution in [1.29, 1.82) is 0 Å². The first-order valence-electron chi connectivity index (χ1n) is 3.74. The smallest absolute Gasteiger partial charge is 0.0160 e. The van der Waals surface area contributed by atoms with E-state index < -0.39 is 0 Å². The Kier molecular flexibility index (Phi) is 8.26. The summed E-state index contributed by atoms with van der Waals surface area (Å²) in [6.45, 7) is 0. The van der Waals surface area contributed by atoms with Crippen molar-refractivity contribution >= 4 is 57.6 Å². The molecule has 0 amide bonds. The molecule has 1 fully saturated rings. The van der Waals surface area contributed by atoms with E-state index in [1.807, 2.05) is 0 Å². The summed E-state index contributed by atoms with van der Waals surface area (Å²) in [5.41, 5.74) is 0. The van der Waals surface area contributed by atoms with E-state index in [4.69, 9.17) is 0 Å². The molecular weight excluding hydrogens is 387 g/mol. The van der Waals surface area contributed by atoms with Gasteiger partial charge < -0.3 is 5.32 Å².